The van der Waals surface area contributed by atoms with Gasteiger partial charge in [-0.1, -0.05) is 6.07 Å². The number of benzene rings is 1. The van der Waals surface area contributed by atoms with Crippen molar-refractivity contribution in [3.05, 3.63) is 28.3 Å². The lowest BCUT2D eigenvalue weighted by Gasteiger charge is -2.24. The Bertz CT molecular complexity index is 375. The van der Waals surface area contributed by atoms with E-state index in [2.05, 4.69) is 53.3 Å². The lowest BCUT2D eigenvalue weighted by atomic mass is 9.91. The van der Waals surface area contributed by atoms with E-state index in [9.17, 15) is 0 Å². The molecule has 0 unspecified atom stereocenters. The smallest absolute Gasteiger partial charge is 0.124 e. The van der Waals surface area contributed by atoms with Gasteiger partial charge in [-0.15, -0.1) is 0 Å². The van der Waals surface area contributed by atoms with Gasteiger partial charge in [0.1, 0.15) is 5.75 Å². The summed E-state index contributed by atoms with van der Waals surface area (Å²) in [5, 5.41) is 0. The third kappa shape index (κ3) is 2.31. The van der Waals surface area contributed by atoms with Crippen molar-refractivity contribution < 1.29 is 4.74 Å². The van der Waals surface area contributed by atoms with Crippen LogP contribution in [-0.4, -0.2) is 7.11 Å². The van der Waals surface area contributed by atoms with Crippen LogP contribution in [0.5, 0.6) is 5.75 Å². The molecule has 0 atom stereocenters. The molecule has 0 bridgehead atoms. The molecule has 84 valence electrons. The van der Waals surface area contributed by atoms with Crippen LogP contribution >= 0.6 is 12.6 Å². The quantitative estimate of drug-likeness (QED) is 0.752. The maximum absolute atomic E-state index is 5.40. The molecule has 1 rings (SSSR count). The maximum Gasteiger partial charge on any atom is 0.124 e. The predicted octanol–water partition coefficient (Wildman–Crippen LogP) is 3.79. The first-order valence-electron chi connectivity index (χ1n) is 5.16. The second kappa shape index (κ2) is 4.09. The number of rotatable bonds is 2. The Morgan fingerprint density at radius 2 is 1.67 bits per heavy atom. The van der Waals surface area contributed by atoms with E-state index < -0.39 is 0 Å². The van der Waals surface area contributed by atoms with E-state index in [-0.39, 0.29) is 4.75 Å². The molecule has 1 aromatic rings. The minimum Gasteiger partial charge on any atom is -0.496 e. The zero-order chi connectivity index (χ0) is 11.8. The summed E-state index contributed by atoms with van der Waals surface area (Å²) in [6.07, 6.45) is 0. The summed E-state index contributed by atoms with van der Waals surface area (Å²) in [4.78, 5) is 0. The van der Waals surface area contributed by atoms with Crippen molar-refractivity contribution in [3.8, 4) is 5.75 Å². The fourth-order valence-corrected chi connectivity index (χ4v) is 2.24. The molecule has 15 heavy (non-hydrogen) atoms. The van der Waals surface area contributed by atoms with Crippen molar-refractivity contribution in [3.63, 3.8) is 0 Å². The van der Waals surface area contributed by atoms with E-state index in [1.165, 1.54) is 22.3 Å². The summed E-state index contributed by atoms with van der Waals surface area (Å²) < 4.78 is 5.29. The van der Waals surface area contributed by atoms with Gasteiger partial charge in [0.2, 0.25) is 0 Å². The third-order valence-electron chi connectivity index (χ3n) is 2.89. The van der Waals surface area contributed by atoms with Crippen LogP contribution in [0.4, 0.5) is 0 Å². The highest BCUT2D eigenvalue weighted by Gasteiger charge is 2.20. The molecule has 0 spiro atoms. The maximum atomic E-state index is 5.40. The van der Waals surface area contributed by atoms with Crippen molar-refractivity contribution in [2.75, 3.05) is 7.11 Å². The minimum absolute atomic E-state index is 0.105. The van der Waals surface area contributed by atoms with Crippen molar-refractivity contribution in [1.82, 2.24) is 0 Å². The molecule has 0 fully saturated rings. The molecule has 1 nitrogen and oxygen atoms in total. The molecule has 0 aliphatic rings. The van der Waals surface area contributed by atoms with Gasteiger partial charge in [0.15, 0.2) is 0 Å². The Balaban J connectivity index is 3.48. The molecule has 0 aliphatic heterocycles. The Kier molecular flexibility index (Phi) is 3.39. The second-order valence-electron chi connectivity index (χ2n) is 4.58. The summed E-state index contributed by atoms with van der Waals surface area (Å²) in [6, 6.07) is 2.17. The number of hydrogen-bond donors (Lipinski definition) is 1. The van der Waals surface area contributed by atoms with Gasteiger partial charge in [0.05, 0.1) is 7.11 Å². The van der Waals surface area contributed by atoms with Gasteiger partial charge < -0.3 is 4.74 Å². The molecule has 2 heteroatoms. The predicted molar refractivity (Wildman–Crippen MR) is 69.2 cm³/mol. The summed E-state index contributed by atoms with van der Waals surface area (Å²) in [7, 11) is 1.72. The van der Waals surface area contributed by atoms with Gasteiger partial charge in [-0.25, -0.2) is 0 Å². The first-order chi connectivity index (χ1) is 6.79. The van der Waals surface area contributed by atoms with Crippen molar-refractivity contribution >= 4 is 12.6 Å². The van der Waals surface area contributed by atoms with Crippen molar-refractivity contribution in [1.29, 1.82) is 0 Å². The molecule has 0 aliphatic carbocycles. The van der Waals surface area contributed by atoms with Crippen LogP contribution in [0.15, 0.2) is 6.07 Å². The standard InChI is InChI=1S/C13H20OS/c1-8-7-11(13(4,5)15)9(2)10(3)12(8)14-6/h7,15H,1-6H3. The molecule has 0 saturated carbocycles. The van der Waals surface area contributed by atoms with Gasteiger partial charge in [-0.3, -0.25) is 0 Å². The molecule has 0 aromatic heterocycles. The van der Waals surface area contributed by atoms with E-state index in [1.54, 1.807) is 7.11 Å². The van der Waals surface area contributed by atoms with Crippen LogP contribution in [0.2, 0.25) is 0 Å². The summed E-state index contributed by atoms with van der Waals surface area (Å²) in [5.41, 5.74) is 4.95. The number of ether oxygens (including phenoxy) is 1. The van der Waals surface area contributed by atoms with Gasteiger partial charge in [-0.05, 0) is 56.9 Å². The highest BCUT2D eigenvalue weighted by Crippen LogP contribution is 2.36. The van der Waals surface area contributed by atoms with Crippen LogP contribution in [0, 0.1) is 20.8 Å². The van der Waals surface area contributed by atoms with E-state index in [4.69, 9.17) is 4.74 Å². The van der Waals surface area contributed by atoms with Crippen molar-refractivity contribution in [2.45, 2.75) is 39.4 Å². The molecule has 0 heterocycles. The highest BCUT2D eigenvalue weighted by atomic mass is 32.1. The number of hydrogen-bond acceptors (Lipinski definition) is 2. The van der Waals surface area contributed by atoms with E-state index in [1.807, 2.05) is 0 Å². The molecular formula is C13H20OS. The van der Waals surface area contributed by atoms with Crippen LogP contribution in [-0.2, 0) is 4.75 Å². The summed E-state index contributed by atoms with van der Waals surface area (Å²) >= 11 is 4.63. The largest absolute Gasteiger partial charge is 0.496 e. The summed E-state index contributed by atoms with van der Waals surface area (Å²) in [5.74, 6) is 0.994. The van der Waals surface area contributed by atoms with E-state index in [0.29, 0.717) is 0 Å². The average Bonchev–Trinajstić information content (AvgIpc) is 2.10. The number of aryl methyl sites for hydroxylation is 1. The Hall–Kier alpha value is -0.630. The molecular weight excluding hydrogens is 204 g/mol. The monoisotopic (exact) mass is 224 g/mol. The number of methoxy groups -OCH3 is 1. The lowest BCUT2D eigenvalue weighted by molar-refractivity contribution is 0.407. The Morgan fingerprint density at radius 3 is 2.07 bits per heavy atom. The second-order valence-corrected chi connectivity index (χ2v) is 5.70. The van der Waals surface area contributed by atoms with E-state index in [0.717, 1.165) is 5.75 Å². The van der Waals surface area contributed by atoms with Crippen LogP contribution in [0.1, 0.15) is 36.1 Å². The Morgan fingerprint density at radius 1 is 1.13 bits per heavy atom. The Labute approximate surface area is 98.3 Å². The van der Waals surface area contributed by atoms with Gasteiger partial charge in [0, 0.05) is 4.75 Å². The fourth-order valence-electron chi connectivity index (χ4n) is 2.01. The van der Waals surface area contributed by atoms with Gasteiger partial charge in [0.25, 0.3) is 0 Å². The molecule has 0 amide bonds. The average molecular weight is 224 g/mol. The molecule has 0 N–H and O–H groups in total. The first-order valence-corrected chi connectivity index (χ1v) is 5.61. The van der Waals surface area contributed by atoms with Gasteiger partial charge >= 0.3 is 0 Å². The van der Waals surface area contributed by atoms with Crippen LogP contribution in [0.3, 0.4) is 0 Å². The molecule has 0 radical (unpaired) electrons. The normalized spacial score (nSPS) is 11.7. The topological polar surface area (TPSA) is 9.23 Å². The zero-order valence-corrected chi connectivity index (χ0v) is 11.3. The van der Waals surface area contributed by atoms with Gasteiger partial charge in [-0.2, -0.15) is 12.6 Å². The fraction of sp³-hybridized carbons (Fsp3) is 0.538. The van der Waals surface area contributed by atoms with Crippen molar-refractivity contribution in [2.24, 2.45) is 0 Å². The zero-order valence-electron chi connectivity index (χ0n) is 10.4. The lowest BCUT2D eigenvalue weighted by Crippen LogP contribution is -2.12. The van der Waals surface area contributed by atoms with E-state index >= 15 is 0 Å². The molecule has 0 saturated heterocycles. The third-order valence-corrected chi connectivity index (χ3v) is 3.13. The minimum atomic E-state index is -0.105. The van der Waals surface area contributed by atoms with Crippen LogP contribution in [0.25, 0.3) is 0 Å². The number of thiol groups is 1. The highest BCUT2D eigenvalue weighted by molar-refractivity contribution is 7.81. The van der Waals surface area contributed by atoms with Crippen LogP contribution < -0.4 is 4.74 Å². The molecule has 1 aromatic carbocycles. The first kappa shape index (κ1) is 12.4. The summed E-state index contributed by atoms with van der Waals surface area (Å²) in [6.45, 7) is 10.5. The SMILES string of the molecule is COc1c(C)cc(C(C)(C)S)c(C)c1C.